The molecule has 2 heterocycles. The van der Waals surface area contributed by atoms with Crippen LogP contribution in [0.5, 0.6) is 0 Å². The van der Waals surface area contributed by atoms with Gasteiger partial charge in [-0.3, -0.25) is 4.79 Å². The molecule has 1 saturated heterocycles. The molecule has 5 heteroatoms. The van der Waals surface area contributed by atoms with Gasteiger partial charge in [0.25, 0.3) is 0 Å². The molecule has 2 fully saturated rings. The topological polar surface area (TPSA) is 58.1 Å². The highest BCUT2D eigenvalue weighted by Crippen LogP contribution is 2.41. The normalized spacial score (nSPS) is 26.0. The molecule has 4 rings (SSSR count). The van der Waals surface area contributed by atoms with Gasteiger partial charge in [-0.25, -0.2) is 9.97 Å². The van der Waals surface area contributed by atoms with E-state index in [9.17, 15) is 4.79 Å². The van der Waals surface area contributed by atoms with Gasteiger partial charge < -0.3 is 10.2 Å². The monoisotopic (exact) mass is 314 g/mol. The van der Waals surface area contributed by atoms with Crippen LogP contribution in [0, 0.1) is 11.3 Å². The first-order chi connectivity index (χ1) is 11.0. The van der Waals surface area contributed by atoms with E-state index in [1.165, 1.54) is 12.8 Å². The molecule has 2 aliphatic carbocycles. The standard InChI is InChI=1S/C18H26N4O/c1-18(2)9-14(20-16(23)12-5-6-12)13-11-19-17(21-15(13)10-18)22-7-3-4-8-22/h11-12,14H,3-10H2,1-2H3,(H,20,23)/t14-/m0/s1. The number of amides is 1. The highest BCUT2D eigenvalue weighted by atomic mass is 16.2. The average molecular weight is 314 g/mol. The maximum absolute atomic E-state index is 12.2. The number of hydrogen-bond donors (Lipinski definition) is 1. The van der Waals surface area contributed by atoms with Gasteiger partial charge in [0, 0.05) is 30.8 Å². The molecule has 5 nitrogen and oxygen atoms in total. The summed E-state index contributed by atoms with van der Waals surface area (Å²) in [6.45, 7) is 6.65. The van der Waals surface area contributed by atoms with Crippen molar-refractivity contribution in [2.75, 3.05) is 18.0 Å². The van der Waals surface area contributed by atoms with Gasteiger partial charge in [-0.15, -0.1) is 0 Å². The molecular formula is C18H26N4O. The summed E-state index contributed by atoms with van der Waals surface area (Å²) in [5.41, 5.74) is 2.41. The summed E-state index contributed by atoms with van der Waals surface area (Å²) in [4.78, 5) is 24.0. The van der Waals surface area contributed by atoms with Crippen LogP contribution < -0.4 is 10.2 Å². The van der Waals surface area contributed by atoms with Crippen LogP contribution in [0.4, 0.5) is 5.95 Å². The Morgan fingerprint density at radius 1 is 1.30 bits per heavy atom. The Morgan fingerprint density at radius 2 is 2.04 bits per heavy atom. The van der Waals surface area contributed by atoms with Crippen LogP contribution in [0.1, 0.15) is 63.3 Å². The van der Waals surface area contributed by atoms with E-state index in [0.717, 1.165) is 56.0 Å². The molecule has 1 aliphatic heterocycles. The first-order valence-electron chi connectivity index (χ1n) is 8.93. The minimum Gasteiger partial charge on any atom is -0.349 e. The predicted octanol–water partition coefficient (Wildman–Crippen LogP) is 2.62. The number of rotatable bonds is 3. The van der Waals surface area contributed by atoms with Gasteiger partial charge in [0.1, 0.15) is 0 Å². The van der Waals surface area contributed by atoms with Crippen LogP contribution in [0.3, 0.4) is 0 Å². The molecule has 0 bridgehead atoms. The molecule has 3 aliphatic rings. The smallest absolute Gasteiger partial charge is 0.225 e. The number of carbonyl (C=O) groups is 1. The van der Waals surface area contributed by atoms with Crippen LogP contribution >= 0.6 is 0 Å². The molecule has 1 saturated carbocycles. The summed E-state index contributed by atoms with van der Waals surface area (Å²) < 4.78 is 0. The molecule has 1 aromatic rings. The average Bonchev–Trinajstić information content (AvgIpc) is 3.20. The Balaban J connectivity index is 1.61. The SMILES string of the molecule is CC1(C)Cc2nc(N3CCCC3)ncc2[C@@H](NC(=O)C2CC2)C1. The number of nitrogens with zero attached hydrogens (tertiary/aromatic N) is 3. The quantitative estimate of drug-likeness (QED) is 0.932. The molecule has 1 aromatic heterocycles. The Bertz CT molecular complexity index is 617. The van der Waals surface area contributed by atoms with E-state index < -0.39 is 0 Å². The third-order valence-electron chi connectivity index (χ3n) is 5.32. The molecule has 23 heavy (non-hydrogen) atoms. The highest BCUT2D eigenvalue weighted by Gasteiger charge is 2.37. The fourth-order valence-electron chi connectivity index (χ4n) is 3.87. The van der Waals surface area contributed by atoms with Crippen molar-refractivity contribution in [3.63, 3.8) is 0 Å². The number of fused-ring (bicyclic) bond motifs is 1. The van der Waals surface area contributed by atoms with Gasteiger partial charge >= 0.3 is 0 Å². The van der Waals surface area contributed by atoms with E-state index >= 15 is 0 Å². The van der Waals surface area contributed by atoms with Crippen molar-refractivity contribution in [1.82, 2.24) is 15.3 Å². The third-order valence-corrected chi connectivity index (χ3v) is 5.32. The molecule has 1 amide bonds. The highest BCUT2D eigenvalue weighted by molar-refractivity contribution is 5.81. The predicted molar refractivity (Wildman–Crippen MR) is 89.2 cm³/mol. The summed E-state index contributed by atoms with van der Waals surface area (Å²) in [6, 6.07) is 0.0643. The van der Waals surface area contributed by atoms with Gasteiger partial charge in [-0.2, -0.15) is 0 Å². The van der Waals surface area contributed by atoms with Crippen molar-refractivity contribution < 1.29 is 4.79 Å². The Labute approximate surface area is 137 Å². The number of anilines is 1. The van der Waals surface area contributed by atoms with E-state index in [1.54, 1.807) is 0 Å². The number of hydrogen-bond acceptors (Lipinski definition) is 4. The van der Waals surface area contributed by atoms with Gasteiger partial charge in [0.15, 0.2) is 0 Å². The second-order valence-corrected chi connectivity index (χ2v) is 8.15. The van der Waals surface area contributed by atoms with Crippen LogP contribution in [0.2, 0.25) is 0 Å². The fourth-order valence-corrected chi connectivity index (χ4v) is 3.87. The van der Waals surface area contributed by atoms with Crippen molar-refractivity contribution in [2.45, 2.75) is 58.4 Å². The zero-order chi connectivity index (χ0) is 16.0. The molecular weight excluding hydrogens is 288 g/mol. The molecule has 1 atom stereocenters. The fraction of sp³-hybridized carbons (Fsp3) is 0.722. The lowest BCUT2D eigenvalue weighted by Crippen LogP contribution is -2.38. The first-order valence-corrected chi connectivity index (χ1v) is 8.93. The summed E-state index contributed by atoms with van der Waals surface area (Å²) in [5.74, 6) is 1.32. The van der Waals surface area contributed by atoms with E-state index in [1.807, 2.05) is 6.20 Å². The van der Waals surface area contributed by atoms with E-state index in [-0.39, 0.29) is 23.3 Å². The summed E-state index contributed by atoms with van der Waals surface area (Å²) in [6.07, 6.45) is 8.42. The molecule has 0 unspecified atom stereocenters. The second kappa shape index (κ2) is 5.46. The van der Waals surface area contributed by atoms with Crippen molar-refractivity contribution in [3.05, 3.63) is 17.5 Å². The number of nitrogens with one attached hydrogen (secondary N) is 1. The lowest BCUT2D eigenvalue weighted by molar-refractivity contribution is -0.123. The van der Waals surface area contributed by atoms with Crippen molar-refractivity contribution >= 4 is 11.9 Å². The van der Waals surface area contributed by atoms with Crippen molar-refractivity contribution in [3.8, 4) is 0 Å². The van der Waals surface area contributed by atoms with E-state index in [4.69, 9.17) is 4.98 Å². The van der Waals surface area contributed by atoms with Crippen LogP contribution in [0.15, 0.2) is 6.20 Å². The molecule has 0 spiro atoms. The van der Waals surface area contributed by atoms with Crippen LogP contribution in [0.25, 0.3) is 0 Å². The lowest BCUT2D eigenvalue weighted by atomic mass is 9.74. The number of carbonyl (C=O) groups excluding carboxylic acids is 1. The van der Waals surface area contributed by atoms with Crippen molar-refractivity contribution in [1.29, 1.82) is 0 Å². The summed E-state index contributed by atoms with van der Waals surface area (Å²) >= 11 is 0. The number of aromatic nitrogens is 2. The van der Waals surface area contributed by atoms with Gasteiger partial charge in [-0.1, -0.05) is 13.8 Å². The Kier molecular flexibility index (Phi) is 3.54. The zero-order valence-corrected chi connectivity index (χ0v) is 14.1. The Morgan fingerprint density at radius 3 is 2.74 bits per heavy atom. The third kappa shape index (κ3) is 3.06. The zero-order valence-electron chi connectivity index (χ0n) is 14.1. The maximum atomic E-state index is 12.2. The minimum absolute atomic E-state index is 0.0643. The molecule has 124 valence electrons. The molecule has 0 aromatic carbocycles. The van der Waals surface area contributed by atoms with E-state index in [0.29, 0.717) is 0 Å². The van der Waals surface area contributed by atoms with Crippen LogP contribution in [-0.2, 0) is 11.2 Å². The van der Waals surface area contributed by atoms with E-state index in [2.05, 4.69) is 29.0 Å². The maximum Gasteiger partial charge on any atom is 0.225 e. The van der Waals surface area contributed by atoms with Gasteiger partial charge in [0.2, 0.25) is 11.9 Å². The lowest BCUT2D eigenvalue weighted by Gasteiger charge is -2.36. The Hall–Kier alpha value is -1.65. The van der Waals surface area contributed by atoms with Gasteiger partial charge in [-0.05, 0) is 43.9 Å². The summed E-state index contributed by atoms with van der Waals surface area (Å²) in [5, 5.41) is 3.25. The van der Waals surface area contributed by atoms with Gasteiger partial charge in [0.05, 0.1) is 11.7 Å². The first kappa shape index (κ1) is 14.9. The minimum atomic E-state index is 0.0643. The summed E-state index contributed by atoms with van der Waals surface area (Å²) in [7, 11) is 0. The second-order valence-electron chi connectivity index (χ2n) is 8.15. The molecule has 0 radical (unpaired) electrons. The largest absolute Gasteiger partial charge is 0.349 e. The van der Waals surface area contributed by atoms with Crippen molar-refractivity contribution in [2.24, 2.45) is 11.3 Å². The molecule has 1 N–H and O–H groups in total. The van der Waals surface area contributed by atoms with Crippen LogP contribution in [-0.4, -0.2) is 29.0 Å².